The van der Waals surface area contributed by atoms with Gasteiger partial charge in [-0.05, 0) is 23.8 Å². The Kier molecular flexibility index (Phi) is 3.31. The molecule has 1 unspecified atom stereocenters. The zero-order chi connectivity index (χ0) is 12.5. The molecule has 0 bridgehead atoms. The van der Waals surface area contributed by atoms with Crippen molar-refractivity contribution in [1.29, 1.82) is 0 Å². The zero-order valence-corrected chi connectivity index (χ0v) is 12.5. The van der Waals surface area contributed by atoms with Gasteiger partial charge in [-0.15, -0.1) is 0 Å². The van der Waals surface area contributed by atoms with Crippen LogP contribution in [-0.2, 0) is 0 Å². The number of hydrogen-bond acceptors (Lipinski definition) is 0. The van der Waals surface area contributed by atoms with E-state index in [9.17, 15) is 0 Å². The van der Waals surface area contributed by atoms with Crippen LogP contribution >= 0.6 is 0 Å². The summed E-state index contributed by atoms with van der Waals surface area (Å²) >= 11 is 0. The molecule has 1 aromatic rings. The van der Waals surface area contributed by atoms with Crippen molar-refractivity contribution in [3.8, 4) is 0 Å². The minimum absolute atomic E-state index is 0.578. The van der Waals surface area contributed by atoms with Gasteiger partial charge in [0.25, 0.3) is 0 Å². The normalized spacial score (nSPS) is 22.9. The maximum Gasteiger partial charge on any atom is 0.0843 e. The number of benzene rings is 1. The molecular weight excluding hydrogens is 220 g/mol. The summed E-state index contributed by atoms with van der Waals surface area (Å²) in [5, 5.41) is 1.57. The van der Waals surface area contributed by atoms with Crippen LogP contribution in [-0.4, -0.2) is 8.07 Å². The highest BCUT2D eigenvalue weighted by molar-refractivity contribution is 6.90. The molecule has 0 amide bonds. The number of rotatable bonds is 4. The molecule has 1 aliphatic rings. The highest BCUT2D eigenvalue weighted by atomic mass is 28.3. The molecule has 1 heteroatoms. The summed E-state index contributed by atoms with van der Waals surface area (Å²) in [5.41, 5.74) is 0.578. The molecule has 1 aromatic carbocycles. The molecule has 92 valence electrons. The quantitative estimate of drug-likeness (QED) is 0.550. The summed E-state index contributed by atoms with van der Waals surface area (Å²) in [7, 11) is -1.25. The van der Waals surface area contributed by atoms with Gasteiger partial charge in [-0.25, -0.2) is 0 Å². The molecule has 0 saturated heterocycles. The lowest BCUT2D eigenvalue weighted by Crippen LogP contribution is -2.40. The van der Waals surface area contributed by atoms with Crippen molar-refractivity contribution in [2.75, 3.05) is 0 Å². The van der Waals surface area contributed by atoms with E-state index >= 15 is 0 Å². The van der Waals surface area contributed by atoms with Gasteiger partial charge < -0.3 is 0 Å². The smallest absolute Gasteiger partial charge is 0.0843 e. The van der Waals surface area contributed by atoms with Crippen LogP contribution in [0.2, 0.25) is 19.1 Å². The average Bonchev–Trinajstić information content (AvgIpc) is 2.87. The Morgan fingerprint density at radius 1 is 1.24 bits per heavy atom. The SMILES string of the molecule is CC1(C)CC1/C=C/C[Si](C)(C)c1ccccc1. The second-order valence-electron chi connectivity index (χ2n) is 6.68. The zero-order valence-electron chi connectivity index (χ0n) is 11.5. The topological polar surface area (TPSA) is 0 Å². The number of hydrogen-bond donors (Lipinski definition) is 0. The van der Waals surface area contributed by atoms with Gasteiger partial charge in [-0.2, -0.15) is 0 Å². The lowest BCUT2D eigenvalue weighted by atomic mass is 10.1. The van der Waals surface area contributed by atoms with E-state index in [2.05, 4.69) is 69.4 Å². The summed E-state index contributed by atoms with van der Waals surface area (Å²) in [6.07, 6.45) is 6.27. The van der Waals surface area contributed by atoms with E-state index in [0.717, 1.165) is 5.92 Å². The van der Waals surface area contributed by atoms with Gasteiger partial charge in [0.2, 0.25) is 0 Å². The summed E-state index contributed by atoms with van der Waals surface area (Å²) in [5.74, 6) is 0.836. The Labute approximate surface area is 107 Å². The van der Waals surface area contributed by atoms with Crippen molar-refractivity contribution in [1.82, 2.24) is 0 Å². The summed E-state index contributed by atoms with van der Waals surface area (Å²) < 4.78 is 0. The highest BCUT2D eigenvalue weighted by Crippen LogP contribution is 2.52. The van der Waals surface area contributed by atoms with E-state index in [1.165, 1.54) is 12.5 Å². The first-order valence-electron chi connectivity index (χ1n) is 6.64. The molecule has 0 heterocycles. The summed E-state index contributed by atoms with van der Waals surface area (Å²) in [4.78, 5) is 0. The molecule has 2 rings (SSSR count). The van der Waals surface area contributed by atoms with Crippen LogP contribution in [0.25, 0.3) is 0 Å². The Hall–Kier alpha value is -0.823. The van der Waals surface area contributed by atoms with Gasteiger partial charge in [-0.3, -0.25) is 0 Å². The van der Waals surface area contributed by atoms with Crippen molar-refractivity contribution in [3.05, 3.63) is 42.5 Å². The van der Waals surface area contributed by atoms with Crippen LogP contribution in [0.1, 0.15) is 20.3 Å². The fourth-order valence-electron chi connectivity index (χ4n) is 2.37. The monoisotopic (exact) mass is 244 g/mol. The second kappa shape index (κ2) is 4.45. The van der Waals surface area contributed by atoms with Crippen LogP contribution in [0, 0.1) is 11.3 Å². The highest BCUT2D eigenvalue weighted by Gasteiger charge is 2.43. The molecule has 1 aliphatic carbocycles. The second-order valence-corrected chi connectivity index (χ2v) is 11.4. The van der Waals surface area contributed by atoms with E-state index in [0.29, 0.717) is 5.41 Å². The standard InChI is InChI=1S/C16H24Si/c1-16(2)13-14(16)9-8-12-17(3,4)15-10-6-5-7-11-15/h5-11,14H,12-13H2,1-4H3/b9-8+. The molecule has 0 aliphatic heterocycles. The molecular formula is C16H24Si. The Morgan fingerprint density at radius 2 is 1.82 bits per heavy atom. The van der Waals surface area contributed by atoms with Gasteiger partial charge in [0.05, 0.1) is 8.07 Å². The lowest BCUT2D eigenvalue weighted by Gasteiger charge is -2.21. The lowest BCUT2D eigenvalue weighted by molar-refractivity contribution is 0.610. The van der Waals surface area contributed by atoms with Crippen LogP contribution in [0.3, 0.4) is 0 Å². The summed E-state index contributed by atoms with van der Waals surface area (Å²) in [6.45, 7) is 9.65. The van der Waals surface area contributed by atoms with E-state index in [4.69, 9.17) is 0 Å². The average molecular weight is 244 g/mol. The molecule has 17 heavy (non-hydrogen) atoms. The van der Waals surface area contributed by atoms with Crippen molar-refractivity contribution in [3.63, 3.8) is 0 Å². The largest absolute Gasteiger partial charge is 0.0906 e. The van der Waals surface area contributed by atoms with Crippen molar-refractivity contribution in [2.24, 2.45) is 11.3 Å². The van der Waals surface area contributed by atoms with Gasteiger partial charge in [0.15, 0.2) is 0 Å². The fourth-order valence-corrected chi connectivity index (χ4v) is 4.43. The molecule has 1 fully saturated rings. The van der Waals surface area contributed by atoms with Crippen LogP contribution in [0.4, 0.5) is 0 Å². The van der Waals surface area contributed by atoms with E-state index in [-0.39, 0.29) is 0 Å². The fraction of sp³-hybridized carbons (Fsp3) is 0.500. The Morgan fingerprint density at radius 3 is 2.35 bits per heavy atom. The van der Waals surface area contributed by atoms with Crippen LogP contribution in [0.15, 0.2) is 42.5 Å². The van der Waals surface area contributed by atoms with Gasteiger partial charge >= 0.3 is 0 Å². The van der Waals surface area contributed by atoms with Crippen molar-refractivity contribution in [2.45, 2.75) is 39.4 Å². The van der Waals surface area contributed by atoms with Crippen LogP contribution < -0.4 is 5.19 Å². The Bertz CT molecular complexity index is 401. The molecule has 0 radical (unpaired) electrons. The first-order chi connectivity index (χ1) is 7.92. The first kappa shape index (κ1) is 12.6. The van der Waals surface area contributed by atoms with Gasteiger partial charge in [-0.1, -0.05) is 74.6 Å². The first-order valence-corrected chi connectivity index (χ1v) is 9.85. The third-order valence-electron chi connectivity index (χ3n) is 4.14. The minimum Gasteiger partial charge on any atom is -0.0906 e. The molecule has 1 atom stereocenters. The maximum absolute atomic E-state index is 2.46. The van der Waals surface area contributed by atoms with E-state index in [1.54, 1.807) is 5.19 Å². The molecule has 0 spiro atoms. The molecule has 0 nitrogen and oxygen atoms in total. The predicted octanol–water partition coefficient (Wildman–Crippen LogP) is 4.20. The maximum atomic E-state index is 2.46. The minimum atomic E-state index is -1.25. The molecule has 0 N–H and O–H groups in total. The number of allylic oxidation sites excluding steroid dienone is 2. The summed E-state index contributed by atoms with van der Waals surface area (Å²) in [6, 6.07) is 12.3. The van der Waals surface area contributed by atoms with Crippen molar-refractivity contribution < 1.29 is 0 Å². The van der Waals surface area contributed by atoms with E-state index < -0.39 is 8.07 Å². The third kappa shape index (κ3) is 3.10. The van der Waals surface area contributed by atoms with Gasteiger partial charge in [0.1, 0.15) is 0 Å². The van der Waals surface area contributed by atoms with Crippen molar-refractivity contribution >= 4 is 13.3 Å². The van der Waals surface area contributed by atoms with Crippen LogP contribution in [0.5, 0.6) is 0 Å². The van der Waals surface area contributed by atoms with E-state index in [1.807, 2.05) is 0 Å². The third-order valence-corrected chi connectivity index (χ3v) is 7.29. The Balaban J connectivity index is 1.94. The molecule has 1 saturated carbocycles. The molecule has 0 aromatic heterocycles. The predicted molar refractivity (Wildman–Crippen MR) is 79.4 cm³/mol. The van der Waals surface area contributed by atoms with Gasteiger partial charge in [0, 0.05) is 0 Å².